The number of benzene rings is 2. The van der Waals surface area contributed by atoms with E-state index in [0.717, 1.165) is 51.7 Å². The summed E-state index contributed by atoms with van der Waals surface area (Å²) in [6, 6.07) is 18.2. The zero-order valence-corrected chi connectivity index (χ0v) is 18.6. The molecule has 0 amide bonds. The van der Waals surface area contributed by atoms with Crippen LogP contribution in [0.15, 0.2) is 54.6 Å². The Morgan fingerprint density at radius 3 is 2.34 bits per heavy atom. The lowest BCUT2D eigenvalue weighted by atomic mass is 9.73. The molecule has 0 aromatic heterocycles. The van der Waals surface area contributed by atoms with Crippen molar-refractivity contribution < 1.29 is 14.3 Å². The predicted molar refractivity (Wildman–Crippen MR) is 123 cm³/mol. The third-order valence-corrected chi connectivity index (χ3v) is 8.00. The Morgan fingerprint density at radius 2 is 1.72 bits per heavy atom. The highest BCUT2D eigenvalue weighted by Gasteiger charge is 2.52. The normalized spacial score (nSPS) is 25.9. The molecule has 0 bridgehead atoms. The molecule has 2 N–H and O–H groups in total. The minimum atomic E-state index is -0.636. The van der Waals surface area contributed by atoms with Crippen LogP contribution in [0.4, 0.5) is 4.39 Å². The summed E-state index contributed by atoms with van der Waals surface area (Å²) in [5.41, 5.74) is 2.22. The van der Waals surface area contributed by atoms with Gasteiger partial charge in [0.2, 0.25) is 0 Å². The number of halogens is 1. The van der Waals surface area contributed by atoms with Gasteiger partial charge in [0.1, 0.15) is 5.82 Å². The molecule has 4 nitrogen and oxygen atoms in total. The van der Waals surface area contributed by atoms with E-state index in [1.807, 2.05) is 12.1 Å². The van der Waals surface area contributed by atoms with Gasteiger partial charge in [0.05, 0.1) is 5.41 Å². The average molecular weight is 437 g/mol. The Labute approximate surface area is 189 Å². The van der Waals surface area contributed by atoms with Crippen molar-refractivity contribution in [2.75, 3.05) is 26.2 Å². The van der Waals surface area contributed by atoms with Crippen LogP contribution in [0, 0.1) is 16.6 Å². The van der Waals surface area contributed by atoms with Crippen LogP contribution in [0.5, 0.6) is 0 Å². The number of hydrogen-bond donors (Lipinski definition) is 2. The number of nitrogens with zero attached hydrogens (tertiary/aromatic N) is 1. The monoisotopic (exact) mass is 436 g/mol. The number of nitrogens with one attached hydrogen (secondary N) is 1. The van der Waals surface area contributed by atoms with Crippen molar-refractivity contribution in [3.63, 3.8) is 0 Å². The molecule has 2 atom stereocenters. The molecule has 3 fully saturated rings. The number of carboxylic acids is 1. The number of likely N-dealkylation sites (tertiary alicyclic amines) is 1. The Hall–Kier alpha value is -2.24. The first-order valence-corrected chi connectivity index (χ1v) is 12.0. The molecule has 0 spiro atoms. The fourth-order valence-corrected chi connectivity index (χ4v) is 5.49. The van der Waals surface area contributed by atoms with E-state index in [0.29, 0.717) is 18.5 Å². The molecule has 5 heteroatoms. The van der Waals surface area contributed by atoms with Crippen molar-refractivity contribution in [1.82, 2.24) is 10.2 Å². The molecule has 0 radical (unpaired) electrons. The summed E-state index contributed by atoms with van der Waals surface area (Å²) >= 11 is 0. The third-order valence-electron chi connectivity index (χ3n) is 8.00. The van der Waals surface area contributed by atoms with Gasteiger partial charge >= 0.3 is 5.97 Å². The van der Waals surface area contributed by atoms with Crippen molar-refractivity contribution in [2.45, 2.75) is 50.5 Å². The zero-order valence-electron chi connectivity index (χ0n) is 18.6. The van der Waals surface area contributed by atoms with Crippen molar-refractivity contribution in [3.05, 3.63) is 71.5 Å². The fraction of sp³-hybridized carbons (Fsp3) is 0.519. The minimum absolute atomic E-state index is 0.123. The van der Waals surface area contributed by atoms with Crippen molar-refractivity contribution in [3.8, 4) is 0 Å². The number of hydrogen-bond acceptors (Lipinski definition) is 3. The van der Waals surface area contributed by atoms with Gasteiger partial charge in [-0.05, 0) is 80.3 Å². The van der Waals surface area contributed by atoms with Gasteiger partial charge in [-0.25, -0.2) is 4.39 Å². The fourth-order valence-electron chi connectivity index (χ4n) is 5.49. The van der Waals surface area contributed by atoms with Crippen molar-refractivity contribution in [2.24, 2.45) is 10.8 Å². The van der Waals surface area contributed by atoms with Gasteiger partial charge in [-0.1, -0.05) is 42.5 Å². The second kappa shape index (κ2) is 8.60. The highest BCUT2D eigenvalue weighted by molar-refractivity contribution is 5.78. The average Bonchev–Trinajstić information content (AvgIpc) is 3.72. The van der Waals surface area contributed by atoms with Crippen LogP contribution in [-0.4, -0.2) is 48.2 Å². The quantitative estimate of drug-likeness (QED) is 0.609. The molecule has 32 heavy (non-hydrogen) atoms. The van der Waals surface area contributed by atoms with Gasteiger partial charge in [0.15, 0.2) is 0 Å². The summed E-state index contributed by atoms with van der Waals surface area (Å²) in [7, 11) is 0. The topological polar surface area (TPSA) is 52.6 Å². The molecule has 1 saturated heterocycles. The summed E-state index contributed by atoms with van der Waals surface area (Å²) in [6.07, 6.45) is 5.81. The molecule has 2 saturated carbocycles. The Morgan fingerprint density at radius 1 is 1.03 bits per heavy atom. The number of aliphatic carboxylic acids is 1. The van der Waals surface area contributed by atoms with Gasteiger partial charge in [-0.15, -0.1) is 0 Å². The van der Waals surface area contributed by atoms with Crippen LogP contribution >= 0.6 is 0 Å². The van der Waals surface area contributed by atoms with E-state index in [4.69, 9.17) is 0 Å². The predicted octanol–water partition coefficient (Wildman–Crippen LogP) is 4.46. The molecule has 1 aliphatic heterocycles. The van der Waals surface area contributed by atoms with Crippen LogP contribution in [0.2, 0.25) is 0 Å². The Bertz CT molecular complexity index is 934. The van der Waals surface area contributed by atoms with E-state index in [1.165, 1.54) is 17.5 Å². The van der Waals surface area contributed by atoms with E-state index in [2.05, 4.69) is 40.5 Å². The molecular weight excluding hydrogens is 403 g/mol. The maximum absolute atomic E-state index is 13.4. The lowest BCUT2D eigenvalue weighted by Crippen LogP contribution is -2.48. The van der Waals surface area contributed by atoms with Gasteiger partial charge < -0.3 is 15.3 Å². The molecule has 2 aliphatic carbocycles. The van der Waals surface area contributed by atoms with Gasteiger partial charge in [0.25, 0.3) is 0 Å². The lowest BCUT2D eigenvalue weighted by Gasteiger charge is -2.43. The van der Waals surface area contributed by atoms with E-state index >= 15 is 0 Å². The first-order chi connectivity index (χ1) is 15.5. The molecule has 170 valence electrons. The second-order valence-electron chi connectivity index (χ2n) is 10.4. The van der Waals surface area contributed by atoms with Crippen LogP contribution in [0.25, 0.3) is 0 Å². The lowest BCUT2D eigenvalue weighted by molar-refractivity contribution is -0.144. The van der Waals surface area contributed by atoms with Gasteiger partial charge in [0, 0.05) is 25.0 Å². The number of carboxylic acid groups (broad SMARTS) is 1. The number of piperidine rings is 1. The van der Waals surface area contributed by atoms with Crippen molar-refractivity contribution >= 4 is 5.97 Å². The van der Waals surface area contributed by atoms with Crippen LogP contribution in [0.3, 0.4) is 0 Å². The first kappa shape index (κ1) is 21.6. The number of rotatable bonds is 9. The maximum atomic E-state index is 13.4. The molecule has 3 aliphatic rings. The maximum Gasteiger partial charge on any atom is 0.310 e. The van der Waals surface area contributed by atoms with E-state index < -0.39 is 11.4 Å². The molecular formula is C27H33FN2O2. The second-order valence-corrected chi connectivity index (χ2v) is 10.4. The first-order valence-electron chi connectivity index (χ1n) is 12.0. The Kier molecular flexibility index (Phi) is 5.81. The SMILES string of the molecule is O=C(O)C1(CN2CCC(CNC3CC3c3ccccc3)(Cc3ccc(F)cc3)CC2)CC1. The van der Waals surface area contributed by atoms with Crippen molar-refractivity contribution in [1.29, 1.82) is 0 Å². The molecule has 1 heterocycles. The summed E-state index contributed by atoms with van der Waals surface area (Å²) < 4.78 is 13.4. The van der Waals surface area contributed by atoms with Gasteiger partial charge in [-0.2, -0.15) is 0 Å². The summed E-state index contributed by atoms with van der Waals surface area (Å²) in [6.45, 7) is 3.51. The molecule has 5 rings (SSSR count). The summed E-state index contributed by atoms with van der Waals surface area (Å²) in [5, 5.41) is 13.4. The minimum Gasteiger partial charge on any atom is -0.481 e. The largest absolute Gasteiger partial charge is 0.481 e. The highest BCUT2D eigenvalue weighted by Crippen LogP contribution is 2.48. The number of carbonyl (C=O) groups is 1. The summed E-state index contributed by atoms with van der Waals surface area (Å²) in [4.78, 5) is 14.0. The Balaban J connectivity index is 1.23. The van der Waals surface area contributed by atoms with Crippen LogP contribution in [-0.2, 0) is 11.2 Å². The molecule has 2 aromatic rings. The zero-order chi connectivity index (χ0) is 22.2. The van der Waals surface area contributed by atoms with Crippen LogP contribution in [0.1, 0.15) is 49.1 Å². The van der Waals surface area contributed by atoms with Gasteiger partial charge in [-0.3, -0.25) is 4.79 Å². The standard InChI is InChI=1S/C27H33FN2O2/c28-22-8-6-20(7-9-22)17-26(18-29-24-16-23(24)21-4-2-1-3-5-21)12-14-30(15-13-26)19-27(10-11-27)25(31)32/h1-9,23-24,29H,10-19H2,(H,31,32). The highest BCUT2D eigenvalue weighted by atomic mass is 19.1. The van der Waals surface area contributed by atoms with E-state index in [9.17, 15) is 14.3 Å². The van der Waals surface area contributed by atoms with E-state index in [-0.39, 0.29) is 11.2 Å². The smallest absolute Gasteiger partial charge is 0.310 e. The van der Waals surface area contributed by atoms with E-state index in [1.54, 1.807) is 12.1 Å². The third kappa shape index (κ3) is 4.74. The summed E-state index contributed by atoms with van der Waals surface area (Å²) in [5.74, 6) is -0.227. The molecule has 2 aromatic carbocycles. The molecule has 2 unspecified atom stereocenters. The van der Waals surface area contributed by atoms with Crippen LogP contribution < -0.4 is 5.32 Å².